The molecule has 1 aromatic carbocycles. The van der Waals surface area contributed by atoms with Crippen molar-refractivity contribution < 1.29 is 0 Å². The molecule has 2 rings (SSSR count). The van der Waals surface area contributed by atoms with Crippen molar-refractivity contribution in [3.8, 4) is 0 Å². The van der Waals surface area contributed by atoms with Crippen molar-refractivity contribution in [2.45, 2.75) is 19.8 Å². The van der Waals surface area contributed by atoms with Crippen molar-refractivity contribution in [3.63, 3.8) is 0 Å². The molecule has 0 bridgehead atoms. The lowest BCUT2D eigenvalue weighted by molar-refractivity contribution is 0.700. The Labute approximate surface area is 85.3 Å². The average Bonchev–Trinajstić information content (AvgIpc) is 2.17. The number of rotatable bonds is 2. The first kappa shape index (κ1) is 9.26. The standard InChI is InChI=1S/C14H16/c1-11(2)9-12-7-8-13-5-3-4-6-14(13)10-12/h3-6,8,10,12H,1,7,9H2,2H3. The van der Waals surface area contributed by atoms with Crippen molar-refractivity contribution >= 4 is 12.2 Å². The molecule has 0 saturated heterocycles. The summed E-state index contributed by atoms with van der Waals surface area (Å²) in [6, 6.07) is 8.58. The molecular formula is C14H16. The summed E-state index contributed by atoms with van der Waals surface area (Å²) in [6.45, 7) is 6.08. The SMILES string of the molecule is C=C(C)CC1C=c2ccccc2=CC1. The van der Waals surface area contributed by atoms with Crippen LogP contribution in [0, 0.1) is 5.92 Å². The van der Waals surface area contributed by atoms with Crippen LogP contribution in [-0.2, 0) is 0 Å². The van der Waals surface area contributed by atoms with Gasteiger partial charge in [0, 0.05) is 0 Å². The number of hydrogen-bond donors (Lipinski definition) is 0. The second-order valence-corrected chi connectivity index (χ2v) is 4.16. The van der Waals surface area contributed by atoms with Gasteiger partial charge in [0.1, 0.15) is 0 Å². The fourth-order valence-electron chi connectivity index (χ4n) is 2.04. The van der Waals surface area contributed by atoms with E-state index >= 15 is 0 Å². The molecule has 14 heavy (non-hydrogen) atoms. The van der Waals surface area contributed by atoms with E-state index in [1.165, 1.54) is 16.0 Å². The maximum absolute atomic E-state index is 3.97. The van der Waals surface area contributed by atoms with E-state index in [-0.39, 0.29) is 0 Å². The number of allylic oxidation sites excluding steroid dienone is 1. The van der Waals surface area contributed by atoms with Crippen LogP contribution in [0.25, 0.3) is 12.2 Å². The van der Waals surface area contributed by atoms with Gasteiger partial charge in [-0.2, -0.15) is 0 Å². The second kappa shape index (κ2) is 3.83. The van der Waals surface area contributed by atoms with E-state index in [1.54, 1.807) is 0 Å². The highest BCUT2D eigenvalue weighted by Crippen LogP contribution is 2.17. The first-order chi connectivity index (χ1) is 6.75. The summed E-state index contributed by atoms with van der Waals surface area (Å²) in [5, 5.41) is 2.76. The van der Waals surface area contributed by atoms with Crippen molar-refractivity contribution in [1.82, 2.24) is 0 Å². The molecule has 0 saturated carbocycles. The Hall–Kier alpha value is -1.30. The summed E-state index contributed by atoms with van der Waals surface area (Å²) in [6.07, 6.45) is 6.99. The topological polar surface area (TPSA) is 0 Å². The van der Waals surface area contributed by atoms with Crippen molar-refractivity contribution in [3.05, 3.63) is 46.9 Å². The second-order valence-electron chi connectivity index (χ2n) is 4.16. The van der Waals surface area contributed by atoms with Gasteiger partial charge in [0.15, 0.2) is 0 Å². The van der Waals surface area contributed by atoms with Gasteiger partial charge in [0.25, 0.3) is 0 Å². The largest absolute Gasteiger partial charge is 0.100 e. The predicted octanol–water partition coefficient (Wildman–Crippen LogP) is 2.23. The molecule has 1 aliphatic rings. The quantitative estimate of drug-likeness (QED) is 0.618. The van der Waals surface area contributed by atoms with Crippen LogP contribution in [-0.4, -0.2) is 0 Å². The van der Waals surface area contributed by atoms with E-state index in [9.17, 15) is 0 Å². The Bertz CT molecular complexity index is 451. The third-order valence-electron chi connectivity index (χ3n) is 2.66. The molecule has 1 unspecified atom stereocenters. The highest BCUT2D eigenvalue weighted by molar-refractivity contribution is 5.41. The van der Waals surface area contributed by atoms with Crippen LogP contribution in [0.4, 0.5) is 0 Å². The molecule has 0 aromatic heterocycles. The van der Waals surface area contributed by atoms with Gasteiger partial charge in [0.05, 0.1) is 0 Å². The zero-order chi connectivity index (χ0) is 9.97. The molecule has 72 valence electrons. The lowest BCUT2D eigenvalue weighted by Gasteiger charge is -2.13. The van der Waals surface area contributed by atoms with Gasteiger partial charge in [-0.15, -0.1) is 6.58 Å². The van der Waals surface area contributed by atoms with E-state index in [4.69, 9.17) is 0 Å². The molecule has 1 aliphatic carbocycles. The summed E-state index contributed by atoms with van der Waals surface area (Å²) in [5.41, 5.74) is 1.28. The van der Waals surface area contributed by atoms with Gasteiger partial charge in [-0.25, -0.2) is 0 Å². The van der Waals surface area contributed by atoms with E-state index < -0.39 is 0 Å². The van der Waals surface area contributed by atoms with Gasteiger partial charge < -0.3 is 0 Å². The average molecular weight is 184 g/mol. The van der Waals surface area contributed by atoms with Crippen molar-refractivity contribution in [1.29, 1.82) is 0 Å². The first-order valence-corrected chi connectivity index (χ1v) is 5.17. The van der Waals surface area contributed by atoms with E-state index in [2.05, 4.69) is 49.9 Å². The minimum Gasteiger partial charge on any atom is -0.100 e. The first-order valence-electron chi connectivity index (χ1n) is 5.17. The highest BCUT2D eigenvalue weighted by atomic mass is 14.1. The van der Waals surface area contributed by atoms with Gasteiger partial charge in [0.2, 0.25) is 0 Å². The third-order valence-corrected chi connectivity index (χ3v) is 2.66. The zero-order valence-corrected chi connectivity index (χ0v) is 8.66. The zero-order valence-electron chi connectivity index (χ0n) is 8.66. The maximum atomic E-state index is 3.97. The van der Waals surface area contributed by atoms with Crippen molar-refractivity contribution in [2.24, 2.45) is 5.92 Å². The predicted molar refractivity (Wildman–Crippen MR) is 62.2 cm³/mol. The molecule has 0 nitrogen and oxygen atoms in total. The Morgan fingerprint density at radius 2 is 2.07 bits per heavy atom. The molecule has 0 fully saturated rings. The molecule has 1 aromatic rings. The van der Waals surface area contributed by atoms with Gasteiger partial charge in [-0.05, 0) is 36.1 Å². The Kier molecular flexibility index (Phi) is 2.53. The van der Waals surface area contributed by atoms with Gasteiger partial charge in [-0.3, -0.25) is 0 Å². The van der Waals surface area contributed by atoms with Crippen LogP contribution in [0.3, 0.4) is 0 Å². The summed E-state index contributed by atoms with van der Waals surface area (Å²) in [4.78, 5) is 0. The Balaban J connectivity index is 2.34. The minimum absolute atomic E-state index is 0.655. The lowest BCUT2D eigenvalue weighted by Crippen LogP contribution is -2.28. The van der Waals surface area contributed by atoms with Crippen LogP contribution >= 0.6 is 0 Å². The van der Waals surface area contributed by atoms with Crippen LogP contribution in [0.5, 0.6) is 0 Å². The summed E-state index contributed by atoms with van der Waals surface area (Å²) >= 11 is 0. The molecule has 0 heterocycles. The van der Waals surface area contributed by atoms with E-state index in [0.717, 1.165) is 12.8 Å². The maximum Gasteiger partial charge on any atom is -0.0152 e. The Morgan fingerprint density at radius 1 is 1.36 bits per heavy atom. The van der Waals surface area contributed by atoms with Crippen molar-refractivity contribution in [2.75, 3.05) is 0 Å². The monoisotopic (exact) mass is 184 g/mol. The molecule has 0 heteroatoms. The van der Waals surface area contributed by atoms with Crippen LogP contribution in [0.2, 0.25) is 0 Å². The molecule has 0 N–H and O–H groups in total. The Morgan fingerprint density at radius 3 is 2.79 bits per heavy atom. The smallest absolute Gasteiger partial charge is 0.0152 e. The third kappa shape index (κ3) is 1.95. The highest BCUT2D eigenvalue weighted by Gasteiger charge is 2.06. The molecule has 1 atom stereocenters. The number of fused-ring (bicyclic) bond motifs is 1. The van der Waals surface area contributed by atoms with Crippen LogP contribution in [0.1, 0.15) is 19.8 Å². The molecule has 0 amide bonds. The molecule has 0 spiro atoms. The van der Waals surface area contributed by atoms with Gasteiger partial charge >= 0.3 is 0 Å². The van der Waals surface area contributed by atoms with E-state index in [1.807, 2.05) is 0 Å². The normalized spacial score (nSPS) is 19.1. The summed E-state index contributed by atoms with van der Waals surface area (Å²) in [7, 11) is 0. The number of benzene rings is 1. The van der Waals surface area contributed by atoms with Crippen LogP contribution < -0.4 is 10.4 Å². The van der Waals surface area contributed by atoms with Crippen LogP contribution in [0.15, 0.2) is 36.4 Å². The summed E-state index contributed by atoms with van der Waals surface area (Å²) < 4.78 is 0. The van der Waals surface area contributed by atoms with Gasteiger partial charge in [-0.1, -0.05) is 42.0 Å². The number of hydrogen-bond acceptors (Lipinski definition) is 0. The van der Waals surface area contributed by atoms with E-state index in [0.29, 0.717) is 5.92 Å². The molecule has 0 aliphatic heterocycles. The molecular weight excluding hydrogens is 168 g/mol. The fourth-order valence-corrected chi connectivity index (χ4v) is 2.04. The summed E-state index contributed by atoms with van der Waals surface area (Å²) in [5.74, 6) is 0.655. The minimum atomic E-state index is 0.655. The molecule has 0 radical (unpaired) electrons. The lowest BCUT2D eigenvalue weighted by atomic mass is 9.92. The fraction of sp³-hybridized carbons (Fsp3) is 0.286.